The van der Waals surface area contributed by atoms with E-state index in [1.165, 1.54) is 11.1 Å². The molecule has 2 nitrogen and oxygen atoms in total. The summed E-state index contributed by atoms with van der Waals surface area (Å²) in [5, 5.41) is 3.11. The highest BCUT2D eigenvalue weighted by atomic mass is 14.8. The molecule has 13 heavy (non-hydrogen) atoms. The molecule has 0 radical (unpaired) electrons. The zero-order chi connectivity index (χ0) is 9.90. The molecule has 0 aliphatic carbocycles. The van der Waals surface area contributed by atoms with Crippen molar-refractivity contribution in [3.8, 4) is 0 Å². The van der Waals surface area contributed by atoms with Crippen LogP contribution in [0.5, 0.6) is 0 Å². The van der Waals surface area contributed by atoms with Gasteiger partial charge in [0, 0.05) is 12.1 Å². The van der Waals surface area contributed by atoms with Crippen molar-refractivity contribution in [3.63, 3.8) is 0 Å². The van der Waals surface area contributed by atoms with Crippen LogP contribution >= 0.6 is 0 Å². The highest BCUT2D eigenvalue weighted by molar-refractivity contribution is 5.27. The van der Waals surface area contributed by atoms with Gasteiger partial charge in [0.1, 0.15) is 0 Å². The lowest BCUT2D eigenvalue weighted by Crippen LogP contribution is -2.28. The average Bonchev–Trinajstić information content (AvgIpc) is 2.04. The molecule has 0 saturated heterocycles. The van der Waals surface area contributed by atoms with Crippen LogP contribution in [0.25, 0.3) is 0 Å². The van der Waals surface area contributed by atoms with Gasteiger partial charge in [0.15, 0.2) is 0 Å². The van der Waals surface area contributed by atoms with E-state index in [9.17, 15) is 0 Å². The number of nitrogens with two attached hydrogens (primary N) is 1. The summed E-state index contributed by atoms with van der Waals surface area (Å²) in [7, 11) is 1.95. The van der Waals surface area contributed by atoms with E-state index < -0.39 is 0 Å². The first kappa shape index (κ1) is 10.2. The first-order valence-electron chi connectivity index (χ1n) is 4.57. The lowest BCUT2D eigenvalue weighted by Gasteiger charge is -2.19. The molecule has 0 amide bonds. The van der Waals surface area contributed by atoms with Crippen LogP contribution in [0.4, 0.5) is 0 Å². The van der Waals surface area contributed by atoms with Crippen molar-refractivity contribution < 1.29 is 0 Å². The predicted molar refractivity (Wildman–Crippen MR) is 56.4 cm³/mol. The van der Waals surface area contributed by atoms with E-state index in [0.717, 1.165) is 6.54 Å². The van der Waals surface area contributed by atoms with E-state index >= 15 is 0 Å². The summed E-state index contributed by atoms with van der Waals surface area (Å²) >= 11 is 0. The molecule has 0 aliphatic heterocycles. The number of hydrogen-bond donors (Lipinski definition) is 2. The van der Waals surface area contributed by atoms with Crippen molar-refractivity contribution in [3.05, 3.63) is 35.4 Å². The molecule has 0 atom stereocenters. The maximum absolute atomic E-state index is 5.97. The van der Waals surface area contributed by atoms with Crippen LogP contribution in [0.2, 0.25) is 0 Å². The first-order chi connectivity index (χ1) is 6.04. The van der Waals surface area contributed by atoms with Gasteiger partial charge in [-0.15, -0.1) is 0 Å². The Morgan fingerprint density at radius 2 is 1.77 bits per heavy atom. The van der Waals surface area contributed by atoms with Gasteiger partial charge in [-0.1, -0.05) is 24.3 Å². The molecule has 1 aromatic carbocycles. The van der Waals surface area contributed by atoms with Crippen molar-refractivity contribution in [2.24, 2.45) is 5.73 Å². The Balaban J connectivity index is 2.81. The summed E-state index contributed by atoms with van der Waals surface area (Å²) in [4.78, 5) is 0. The number of rotatable bonds is 3. The molecule has 2 heteroatoms. The van der Waals surface area contributed by atoms with Crippen LogP contribution in [-0.4, -0.2) is 7.05 Å². The third-order valence-electron chi connectivity index (χ3n) is 2.08. The van der Waals surface area contributed by atoms with E-state index in [-0.39, 0.29) is 5.54 Å². The summed E-state index contributed by atoms with van der Waals surface area (Å²) < 4.78 is 0. The van der Waals surface area contributed by atoms with Gasteiger partial charge in [-0.3, -0.25) is 0 Å². The van der Waals surface area contributed by atoms with E-state index in [4.69, 9.17) is 5.73 Å². The Morgan fingerprint density at radius 3 is 2.15 bits per heavy atom. The zero-order valence-electron chi connectivity index (χ0n) is 8.59. The molecule has 0 fully saturated rings. The smallest absolute Gasteiger partial charge is 0.0352 e. The Bertz CT molecular complexity index is 256. The molecule has 3 N–H and O–H groups in total. The van der Waals surface area contributed by atoms with E-state index in [2.05, 4.69) is 29.6 Å². The highest BCUT2D eigenvalue weighted by Crippen LogP contribution is 2.16. The van der Waals surface area contributed by atoms with E-state index in [1.54, 1.807) is 0 Å². The van der Waals surface area contributed by atoms with Gasteiger partial charge in [-0.2, -0.15) is 0 Å². The quantitative estimate of drug-likeness (QED) is 0.738. The predicted octanol–water partition coefficient (Wildman–Crippen LogP) is 1.60. The van der Waals surface area contributed by atoms with Gasteiger partial charge in [0.25, 0.3) is 0 Å². The first-order valence-corrected chi connectivity index (χ1v) is 4.57. The molecule has 0 bridgehead atoms. The van der Waals surface area contributed by atoms with Crippen LogP contribution in [-0.2, 0) is 12.1 Å². The van der Waals surface area contributed by atoms with Crippen molar-refractivity contribution in [1.29, 1.82) is 0 Å². The summed E-state index contributed by atoms with van der Waals surface area (Å²) in [6.45, 7) is 4.94. The molecule has 1 aromatic rings. The second kappa shape index (κ2) is 3.90. The molecular formula is C11H18N2. The fourth-order valence-electron chi connectivity index (χ4n) is 1.26. The van der Waals surface area contributed by atoms with Gasteiger partial charge in [-0.25, -0.2) is 0 Å². The maximum Gasteiger partial charge on any atom is 0.0352 e. The minimum atomic E-state index is -0.238. The Hall–Kier alpha value is -0.860. The van der Waals surface area contributed by atoms with Crippen molar-refractivity contribution in [2.75, 3.05) is 7.05 Å². The van der Waals surface area contributed by atoms with Crippen LogP contribution in [0.3, 0.4) is 0 Å². The number of hydrogen-bond acceptors (Lipinski definition) is 2. The van der Waals surface area contributed by atoms with Crippen molar-refractivity contribution in [1.82, 2.24) is 5.32 Å². The maximum atomic E-state index is 5.97. The fraction of sp³-hybridized carbons (Fsp3) is 0.455. The van der Waals surface area contributed by atoms with Gasteiger partial charge in [-0.05, 0) is 32.0 Å². The van der Waals surface area contributed by atoms with Crippen molar-refractivity contribution >= 4 is 0 Å². The molecule has 0 saturated carbocycles. The standard InChI is InChI=1S/C11H18N2/c1-11(2,12)10-6-4-9(5-7-10)8-13-3/h4-7,13H,8,12H2,1-3H3. The fourth-order valence-corrected chi connectivity index (χ4v) is 1.26. The average molecular weight is 178 g/mol. The van der Waals surface area contributed by atoms with Gasteiger partial charge in [0.2, 0.25) is 0 Å². The molecule has 0 unspecified atom stereocenters. The molecule has 72 valence electrons. The minimum Gasteiger partial charge on any atom is -0.322 e. The van der Waals surface area contributed by atoms with Crippen molar-refractivity contribution in [2.45, 2.75) is 25.9 Å². The number of nitrogens with one attached hydrogen (secondary N) is 1. The van der Waals surface area contributed by atoms with Gasteiger partial charge >= 0.3 is 0 Å². The van der Waals surface area contributed by atoms with Gasteiger partial charge < -0.3 is 11.1 Å². The lowest BCUT2D eigenvalue weighted by molar-refractivity contribution is 0.554. The molecule has 0 heterocycles. The summed E-state index contributed by atoms with van der Waals surface area (Å²) in [5.41, 5.74) is 8.19. The second-order valence-electron chi connectivity index (χ2n) is 3.95. The zero-order valence-corrected chi connectivity index (χ0v) is 8.59. The van der Waals surface area contributed by atoms with Crippen LogP contribution in [0.1, 0.15) is 25.0 Å². The molecular weight excluding hydrogens is 160 g/mol. The molecule has 0 aliphatic rings. The van der Waals surface area contributed by atoms with Gasteiger partial charge in [0.05, 0.1) is 0 Å². The number of benzene rings is 1. The normalized spacial score (nSPS) is 11.7. The van der Waals surface area contributed by atoms with Crippen LogP contribution in [0.15, 0.2) is 24.3 Å². The van der Waals surface area contributed by atoms with E-state index in [0.29, 0.717) is 0 Å². The Kier molecular flexibility index (Phi) is 3.07. The van der Waals surface area contributed by atoms with Crippen LogP contribution in [0, 0.1) is 0 Å². The van der Waals surface area contributed by atoms with E-state index in [1.807, 2.05) is 20.9 Å². The lowest BCUT2D eigenvalue weighted by atomic mass is 9.95. The Labute approximate surface area is 80.1 Å². The largest absolute Gasteiger partial charge is 0.322 e. The summed E-state index contributed by atoms with van der Waals surface area (Å²) in [6, 6.07) is 8.40. The summed E-state index contributed by atoms with van der Waals surface area (Å²) in [6.07, 6.45) is 0. The minimum absolute atomic E-state index is 0.238. The summed E-state index contributed by atoms with van der Waals surface area (Å²) in [5.74, 6) is 0. The highest BCUT2D eigenvalue weighted by Gasteiger charge is 2.12. The monoisotopic (exact) mass is 178 g/mol. The Morgan fingerprint density at radius 1 is 1.23 bits per heavy atom. The topological polar surface area (TPSA) is 38.0 Å². The third-order valence-corrected chi connectivity index (χ3v) is 2.08. The van der Waals surface area contributed by atoms with Crippen LogP contribution < -0.4 is 11.1 Å². The molecule has 0 aromatic heterocycles. The third kappa shape index (κ3) is 2.83. The molecule has 0 spiro atoms. The SMILES string of the molecule is CNCc1ccc(C(C)(C)N)cc1. The molecule has 1 rings (SSSR count). The second-order valence-corrected chi connectivity index (χ2v) is 3.95.